The zero-order valence-corrected chi connectivity index (χ0v) is 17.0. The van der Waals surface area contributed by atoms with E-state index in [-0.39, 0.29) is 29.8 Å². The van der Waals surface area contributed by atoms with Crippen molar-refractivity contribution in [3.05, 3.63) is 29.3 Å². The van der Waals surface area contributed by atoms with Crippen molar-refractivity contribution < 1.29 is 14.4 Å². The Morgan fingerprint density at radius 3 is 2.43 bits per heavy atom. The molecule has 4 amide bonds. The number of hydrogen-bond acceptors (Lipinski definition) is 3. The van der Waals surface area contributed by atoms with Gasteiger partial charge in [0.1, 0.15) is 0 Å². The highest BCUT2D eigenvalue weighted by Crippen LogP contribution is 2.26. The highest BCUT2D eigenvalue weighted by atomic mass is 16.2. The van der Waals surface area contributed by atoms with Gasteiger partial charge in [-0.15, -0.1) is 0 Å². The number of carbonyl (C=O) groups is 3. The van der Waals surface area contributed by atoms with Crippen LogP contribution in [0.15, 0.2) is 18.2 Å². The Bertz CT molecular complexity index is 754. The van der Waals surface area contributed by atoms with Crippen molar-refractivity contribution in [1.82, 2.24) is 15.1 Å². The summed E-state index contributed by atoms with van der Waals surface area (Å²) in [6.07, 6.45) is 2.31. The average Bonchev–Trinajstić information content (AvgIpc) is 2.67. The number of anilines is 1. The van der Waals surface area contributed by atoms with Crippen LogP contribution >= 0.6 is 0 Å². The molecule has 3 rings (SSSR count). The van der Waals surface area contributed by atoms with Crippen molar-refractivity contribution in [3.8, 4) is 0 Å². The predicted molar refractivity (Wildman–Crippen MR) is 108 cm³/mol. The van der Waals surface area contributed by atoms with Gasteiger partial charge in [0.2, 0.25) is 11.8 Å². The summed E-state index contributed by atoms with van der Waals surface area (Å²) >= 11 is 0. The number of carbonyl (C=O) groups excluding carboxylic acids is 3. The second kappa shape index (κ2) is 8.63. The van der Waals surface area contributed by atoms with Crippen LogP contribution in [0.1, 0.15) is 44.7 Å². The van der Waals surface area contributed by atoms with Crippen LogP contribution in [0.3, 0.4) is 0 Å². The predicted octanol–water partition coefficient (Wildman–Crippen LogP) is 2.36. The monoisotopic (exact) mass is 386 g/mol. The maximum absolute atomic E-state index is 12.7. The maximum atomic E-state index is 12.7. The summed E-state index contributed by atoms with van der Waals surface area (Å²) in [6, 6.07) is 5.88. The molecule has 7 heteroatoms. The molecule has 0 aromatic heterocycles. The molecule has 2 N–H and O–H groups in total. The van der Waals surface area contributed by atoms with Crippen molar-refractivity contribution in [1.29, 1.82) is 0 Å². The number of fused-ring (bicyclic) bond motifs is 1. The fourth-order valence-corrected chi connectivity index (χ4v) is 3.96. The maximum Gasteiger partial charge on any atom is 0.317 e. The minimum Gasteiger partial charge on any atom is -0.342 e. The standard InChI is InChI=1S/C21H30N4O3/c1-14(2)20(27)24-10-7-17(8-11-24)23-21(28)25-12-9-18-16(13-25)5-4-6-19(18)22-15(3)26/h4-6,14,17H,7-13H2,1-3H3,(H,22,26)(H,23,28). The van der Waals surface area contributed by atoms with Gasteiger partial charge >= 0.3 is 6.03 Å². The van der Waals surface area contributed by atoms with Crippen molar-refractivity contribution in [2.45, 2.75) is 52.6 Å². The van der Waals surface area contributed by atoms with E-state index in [0.717, 1.165) is 36.1 Å². The van der Waals surface area contributed by atoms with Crippen LogP contribution < -0.4 is 10.6 Å². The normalized spacial score (nSPS) is 17.3. The largest absolute Gasteiger partial charge is 0.342 e. The quantitative estimate of drug-likeness (QED) is 0.837. The molecular weight excluding hydrogens is 356 g/mol. The Labute approximate surface area is 166 Å². The van der Waals surface area contributed by atoms with E-state index in [0.29, 0.717) is 26.2 Å². The zero-order chi connectivity index (χ0) is 20.3. The summed E-state index contributed by atoms with van der Waals surface area (Å²) in [5, 5.41) is 6.01. The van der Waals surface area contributed by atoms with Crippen LogP contribution in [0.5, 0.6) is 0 Å². The molecule has 0 unspecified atom stereocenters. The highest BCUT2D eigenvalue weighted by Gasteiger charge is 2.28. The number of amides is 4. The second-order valence-corrected chi connectivity index (χ2v) is 8.00. The number of urea groups is 1. The van der Waals surface area contributed by atoms with Gasteiger partial charge < -0.3 is 20.4 Å². The van der Waals surface area contributed by atoms with Crippen LogP contribution in [0, 0.1) is 5.92 Å². The highest BCUT2D eigenvalue weighted by molar-refractivity contribution is 5.90. The first-order valence-corrected chi connectivity index (χ1v) is 10.1. The Morgan fingerprint density at radius 2 is 1.79 bits per heavy atom. The number of benzene rings is 1. The van der Waals surface area contributed by atoms with Gasteiger partial charge in [-0.25, -0.2) is 4.79 Å². The van der Waals surface area contributed by atoms with Crippen molar-refractivity contribution in [2.75, 3.05) is 25.0 Å². The van der Waals surface area contributed by atoms with E-state index in [1.54, 1.807) is 0 Å². The number of hydrogen-bond donors (Lipinski definition) is 2. The number of piperidine rings is 1. The van der Waals surface area contributed by atoms with E-state index in [1.807, 2.05) is 41.8 Å². The lowest BCUT2D eigenvalue weighted by Gasteiger charge is -2.35. The van der Waals surface area contributed by atoms with Gasteiger partial charge in [-0.05, 0) is 36.5 Å². The summed E-state index contributed by atoms with van der Waals surface area (Å²) in [6.45, 7) is 7.90. The van der Waals surface area contributed by atoms with E-state index in [9.17, 15) is 14.4 Å². The van der Waals surface area contributed by atoms with Gasteiger partial charge in [0.15, 0.2) is 0 Å². The molecule has 0 aliphatic carbocycles. The van der Waals surface area contributed by atoms with Crippen LogP contribution in [-0.4, -0.2) is 53.3 Å². The lowest BCUT2D eigenvalue weighted by Crippen LogP contribution is -2.51. The third-order valence-electron chi connectivity index (χ3n) is 5.49. The summed E-state index contributed by atoms with van der Waals surface area (Å²) in [5.41, 5.74) is 3.03. The summed E-state index contributed by atoms with van der Waals surface area (Å²) in [7, 11) is 0. The molecule has 1 aromatic rings. The first kappa shape index (κ1) is 20.2. The molecule has 0 radical (unpaired) electrons. The second-order valence-electron chi connectivity index (χ2n) is 8.00. The zero-order valence-electron chi connectivity index (χ0n) is 17.0. The molecule has 7 nitrogen and oxygen atoms in total. The molecule has 2 aliphatic heterocycles. The first-order valence-electron chi connectivity index (χ1n) is 10.1. The van der Waals surface area contributed by atoms with Crippen LogP contribution in [0.2, 0.25) is 0 Å². The average molecular weight is 386 g/mol. The third kappa shape index (κ3) is 4.64. The Kier molecular flexibility index (Phi) is 6.21. The van der Waals surface area contributed by atoms with E-state index in [2.05, 4.69) is 10.6 Å². The molecule has 28 heavy (non-hydrogen) atoms. The lowest BCUT2D eigenvalue weighted by atomic mass is 9.97. The number of rotatable bonds is 3. The minimum absolute atomic E-state index is 0.0157. The van der Waals surface area contributed by atoms with E-state index in [1.165, 1.54) is 6.92 Å². The molecule has 0 atom stereocenters. The summed E-state index contributed by atoms with van der Waals surface area (Å²) in [5.74, 6) is 0.116. The van der Waals surface area contributed by atoms with Crippen molar-refractivity contribution in [3.63, 3.8) is 0 Å². The fraction of sp³-hybridized carbons (Fsp3) is 0.571. The van der Waals surface area contributed by atoms with Crippen LogP contribution in [0.25, 0.3) is 0 Å². The molecule has 0 spiro atoms. The fourth-order valence-electron chi connectivity index (χ4n) is 3.96. The molecule has 1 aromatic carbocycles. The molecule has 1 saturated heterocycles. The van der Waals surface area contributed by atoms with Gasteiger partial charge in [0.25, 0.3) is 0 Å². The van der Waals surface area contributed by atoms with E-state index in [4.69, 9.17) is 0 Å². The molecular formula is C21H30N4O3. The number of likely N-dealkylation sites (tertiary alicyclic amines) is 1. The Morgan fingerprint density at radius 1 is 1.07 bits per heavy atom. The van der Waals surface area contributed by atoms with Gasteiger partial charge in [0, 0.05) is 50.7 Å². The molecule has 2 heterocycles. The third-order valence-corrected chi connectivity index (χ3v) is 5.49. The molecule has 0 bridgehead atoms. The topological polar surface area (TPSA) is 81.8 Å². The first-order chi connectivity index (χ1) is 13.3. The number of nitrogens with zero attached hydrogens (tertiary/aromatic N) is 2. The molecule has 2 aliphatic rings. The van der Waals surface area contributed by atoms with Gasteiger partial charge in [-0.2, -0.15) is 0 Å². The SMILES string of the molecule is CC(=O)Nc1cccc2c1CCN(C(=O)NC1CCN(C(=O)C(C)C)CC1)C2. The summed E-state index contributed by atoms with van der Waals surface area (Å²) in [4.78, 5) is 39.9. The molecule has 152 valence electrons. The summed E-state index contributed by atoms with van der Waals surface area (Å²) < 4.78 is 0. The van der Waals surface area contributed by atoms with Crippen LogP contribution in [-0.2, 0) is 22.6 Å². The smallest absolute Gasteiger partial charge is 0.317 e. The van der Waals surface area contributed by atoms with E-state index < -0.39 is 0 Å². The molecule has 1 fully saturated rings. The Balaban J connectivity index is 1.54. The van der Waals surface area contributed by atoms with Gasteiger partial charge in [-0.1, -0.05) is 26.0 Å². The van der Waals surface area contributed by atoms with Crippen molar-refractivity contribution >= 4 is 23.5 Å². The lowest BCUT2D eigenvalue weighted by molar-refractivity contribution is -0.135. The van der Waals surface area contributed by atoms with E-state index >= 15 is 0 Å². The van der Waals surface area contributed by atoms with Crippen LogP contribution in [0.4, 0.5) is 10.5 Å². The minimum atomic E-state index is -0.0872. The number of nitrogens with one attached hydrogen (secondary N) is 2. The van der Waals surface area contributed by atoms with Gasteiger partial charge in [-0.3, -0.25) is 9.59 Å². The molecule has 0 saturated carbocycles. The Hall–Kier alpha value is -2.57. The van der Waals surface area contributed by atoms with Gasteiger partial charge in [0.05, 0.1) is 0 Å². The van der Waals surface area contributed by atoms with Crippen molar-refractivity contribution in [2.24, 2.45) is 5.92 Å².